The Kier molecular flexibility index (Phi) is 4.55. The molecular weight excluding hydrogens is 259 g/mol. The van der Waals surface area contributed by atoms with Gasteiger partial charge in [0.05, 0.1) is 0 Å². The number of halogens is 2. The van der Waals surface area contributed by atoms with Crippen LogP contribution in [0.5, 0.6) is 0 Å². The average Bonchev–Trinajstić information content (AvgIpc) is 2.33. The Hall–Kier alpha value is -0.560. The third kappa shape index (κ3) is 3.95. The Morgan fingerprint density at radius 3 is 2.37 bits per heavy atom. The molecule has 0 nitrogen and oxygen atoms in total. The molecule has 1 aromatic rings. The van der Waals surface area contributed by atoms with Crippen LogP contribution < -0.4 is 0 Å². The van der Waals surface area contributed by atoms with Gasteiger partial charge in [0.1, 0.15) is 5.82 Å². The fourth-order valence-corrected chi connectivity index (χ4v) is 3.47. The highest BCUT2D eigenvalue weighted by Crippen LogP contribution is 2.43. The van der Waals surface area contributed by atoms with Crippen LogP contribution in [0.3, 0.4) is 0 Å². The molecule has 3 atom stereocenters. The molecular formula is C17H24ClF. The molecule has 0 radical (unpaired) electrons. The van der Waals surface area contributed by atoms with Crippen LogP contribution in [-0.4, -0.2) is 5.38 Å². The molecule has 2 rings (SSSR count). The minimum Gasteiger partial charge on any atom is -0.207 e. The van der Waals surface area contributed by atoms with E-state index in [2.05, 4.69) is 20.8 Å². The first-order valence-electron chi connectivity index (χ1n) is 7.25. The van der Waals surface area contributed by atoms with E-state index in [0.29, 0.717) is 11.3 Å². The fourth-order valence-electron chi connectivity index (χ4n) is 3.15. The highest BCUT2D eigenvalue weighted by molar-refractivity contribution is 6.20. The van der Waals surface area contributed by atoms with Crippen LogP contribution >= 0.6 is 11.6 Å². The van der Waals surface area contributed by atoms with E-state index in [1.807, 2.05) is 12.1 Å². The van der Waals surface area contributed by atoms with Gasteiger partial charge in [-0.15, -0.1) is 11.6 Å². The lowest BCUT2D eigenvalue weighted by Gasteiger charge is -2.40. The minimum atomic E-state index is -0.164. The number of rotatable bonds is 2. The predicted octanol–water partition coefficient (Wildman–Crippen LogP) is 5.44. The van der Waals surface area contributed by atoms with Gasteiger partial charge in [-0.2, -0.15) is 0 Å². The van der Waals surface area contributed by atoms with E-state index in [4.69, 9.17) is 11.6 Å². The Balaban J connectivity index is 2.03. The average molecular weight is 283 g/mol. The van der Waals surface area contributed by atoms with Gasteiger partial charge in [-0.05, 0) is 60.6 Å². The topological polar surface area (TPSA) is 0 Å². The van der Waals surface area contributed by atoms with Crippen LogP contribution in [-0.2, 0) is 6.42 Å². The maximum atomic E-state index is 12.9. The van der Waals surface area contributed by atoms with Crippen molar-refractivity contribution in [1.82, 2.24) is 0 Å². The lowest BCUT2D eigenvalue weighted by Crippen LogP contribution is -2.33. The Morgan fingerprint density at radius 2 is 1.79 bits per heavy atom. The summed E-state index contributed by atoms with van der Waals surface area (Å²) in [6.45, 7) is 6.96. The quantitative estimate of drug-likeness (QED) is 0.634. The second-order valence-corrected chi connectivity index (χ2v) is 7.54. The van der Waals surface area contributed by atoms with Crippen LogP contribution in [0.4, 0.5) is 4.39 Å². The predicted molar refractivity (Wildman–Crippen MR) is 80.0 cm³/mol. The zero-order valence-electron chi connectivity index (χ0n) is 12.1. The van der Waals surface area contributed by atoms with Gasteiger partial charge in [-0.1, -0.05) is 32.9 Å². The number of hydrogen-bond acceptors (Lipinski definition) is 0. The summed E-state index contributed by atoms with van der Waals surface area (Å²) in [6, 6.07) is 6.87. The molecule has 1 aliphatic carbocycles. The molecule has 0 bridgehead atoms. The molecule has 1 fully saturated rings. The SMILES string of the molecule is CC(C)(C)C1CCC(Cl)C(Cc2ccc(F)cc2)C1. The summed E-state index contributed by atoms with van der Waals surface area (Å²) < 4.78 is 12.9. The van der Waals surface area contributed by atoms with E-state index in [1.54, 1.807) is 12.1 Å². The maximum Gasteiger partial charge on any atom is 0.123 e. The molecule has 3 unspecified atom stereocenters. The van der Waals surface area contributed by atoms with Crippen molar-refractivity contribution in [2.45, 2.75) is 51.8 Å². The largest absolute Gasteiger partial charge is 0.207 e. The molecule has 1 aromatic carbocycles. The van der Waals surface area contributed by atoms with E-state index < -0.39 is 0 Å². The molecule has 0 aliphatic heterocycles. The second kappa shape index (κ2) is 5.83. The smallest absolute Gasteiger partial charge is 0.123 e. The number of hydrogen-bond donors (Lipinski definition) is 0. The summed E-state index contributed by atoms with van der Waals surface area (Å²) in [7, 11) is 0. The third-order valence-electron chi connectivity index (χ3n) is 4.53. The first-order valence-corrected chi connectivity index (χ1v) is 7.68. The highest BCUT2D eigenvalue weighted by atomic mass is 35.5. The van der Waals surface area contributed by atoms with Gasteiger partial charge in [-0.25, -0.2) is 4.39 Å². The van der Waals surface area contributed by atoms with Crippen LogP contribution in [0.15, 0.2) is 24.3 Å². The van der Waals surface area contributed by atoms with Crippen molar-refractivity contribution >= 4 is 11.6 Å². The van der Waals surface area contributed by atoms with Crippen LogP contribution in [0.1, 0.15) is 45.6 Å². The summed E-state index contributed by atoms with van der Waals surface area (Å²) >= 11 is 6.51. The van der Waals surface area contributed by atoms with Gasteiger partial charge < -0.3 is 0 Å². The number of benzene rings is 1. The van der Waals surface area contributed by atoms with Crippen molar-refractivity contribution in [2.75, 3.05) is 0 Å². The van der Waals surface area contributed by atoms with Gasteiger partial charge >= 0.3 is 0 Å². The summed E-state index contributed by atoms with van der Waals surface area (Å²) in [5, 5.41) is 0.267. The Bertz CT molecular complexity index is 404. The summed E-state index contributed by atoms with van der Waals surface area (Å²) in [4.78, 5) is 0. The lowest BCUT2D eigenvalue weighted by atomic mass is 9.68. The zero-order chi connectivity index (χ0) is 14.0. The fraction of sp³-hybridized carbons (Fsp3) is 0.647. The lowest BCUT2D eigenvalue weighted by molar-refractivity contribution is 0.144. The molecule has 1 saturated carbocycles. The zero-order valence-corrected chi connectivity index (χ0v) is 12.9. The highest BCUT2D eigenvalue weighted by Gasteiger charge is 2.34. The van der Waals surface area contributed by atoms with Gasteiger partial charge in [0.15, 0.2) is 0 Å². The van der Waals surface area contributed by atoms with Crippen molar-refractivity contribution in [1.29, 1.82) is 0 Å². The Morgan fingerprint density at radius 1 is 1.16 bits per heavy atom. The van der Waals surface area contributed by atoms with E-state index in [0.717, 1.165) is 18.8 Å². The molecule has 0 amide bonds. The minimum absolute atomic E-state index is 0.164. The summed E-state index contributed by atoms with van der Waals surface area (Å²) in [5.41, 5.74) is 1.56. The molecule has 19 heavy (non-hydrogen) atoms. The van der Waals surface area contributed by atoms with Crippen LogP contribution in [0.25, 0.3) is 0 Å². The van der Waals surface area contributed by atoms with Gasteiger partial charge in [0.25, 0.3) is 0 Å². The molecule has 2 heteroatoms. The normalized spacial score (nSPS) is 28.4. The van der Waals surface area contributed by atoms with Gasteiger partial charge in [0.2, 0.25) is 0 Å². The molecule has 0 saturated heterocycles. The summed E-state index contributed by atoms with van der Waals surface area (Å²) in [6.07, 6.45) is 4.50. The van der Waals surface area contributed by atoms with Gasteiger partial charge in [0, 0.05) is 5.38 Å². The van der Waals surface area contributed by atoms with Gasteiger partial charge in [-0.3, -0.25) is 0 Å². The van der Waals surface area contributed by atoms with Crippen molar-refractivity contribution in [3.63, 3.8) is 0 Å². The standard InChI is InChI=1S/C17H24ClF/c1-17(2,3)14-6-9-16(18)13(11-14)10-12-4-7-15(19)8-5-12/h4-5,7-8,13-14,16H,6,9-11H2,1-3H3. The van der Waals surface area contributed by atoms with Crippen molar-refractivity contribution < 1.29 is 4.39 Å². The van der Waals surface area contributed by atoms with E-state index in [-0.39, 0.29) is 11.2 Å². The molecule has 0 aromatic heterocycles. The maximum absolute atomic E-state index is 12.9. The molecule has 0 N–H and O–H groups in total. The Labute approximate surface area is 121 Å². The van der Waals surface area contributed by atoms with Crippen molar-refractivity contribution in [2.24, 2.45) is 17.3 Å². The summed E-state index contributed by atoms with van der Waals surface area (Å²) in [5.74, 6) is 1.10. The third-order valence-corrected chi connectivity index (χ3v) is 5.10. The molecule has 0 spiro atoms. The second-order valence-electron chi connectivity index (χ2n) is 6.98. The first-order chi connectivity index (χ1) is 8.86. The van der Waals surface area contributed by atoms with Crippen molar-refractivity contribution in [3.05, 3.63) is 35.6 Å². The molecule has 106 valence electrons. The first kappa shape index (κ1) is 14.8. The molecule has 0 heterocycles. The van der Waals surface area contributed by atoms with Crippen LogP contribution in [0.2, 0.25) is 0 Å². The molecule has 1 aliphatic rings. The van der Waals surface area contributed by atoms with E-state index in [1.165, 1.54) is 18.4 Å². The van der Waals surface area contributed by atoms with E-state index in [9.17, 15) is 4.39 Å². The monoisotopic (exact) mass is 282 g/mol. The van der Waals surface area contributed by atoms with E-state index >= 15 is 0 Å². The number of alkyl halides is 1. The van der Waals surface area contributed by atoms with Crippen molar-refractivity contribution in [3.8, 4) is 0 Å². The van der Waals surface area contributed by atoms with Crippen LogP contribution in [0, 0.1) is 23.1 Å².